The molecule has 1 N–H and O–H groups in total. The van der Waals surface area contributed by atoms with Crippen LogP contribution in [0.5, 0.6) is 5.75 Å². The van der Waals surface area contributed by atoms with Crippen molar-refractivity contribution >= 4 is 15.7 Å². The molecule has 0 aromatic heterocycles. The molecular formula is C18H18F3NO3S. The van der Waals surface area contributed by atoms with Crippen LogP contribution < -0.4 is 9.46 Å². The predicted molar refractivity (Wildman–Crippen MR) is 91.7 cm³/mol. The fraction of sp³-hybridized carbons (Fsp3) is 0.333. The zero-order valence-corrected chi connectivity index (χ0v) is 14.8. The van der Waals surface area contributed by atoms with Crippen LogP contribution in [0.15, 0.2) is 47.4 Å². The lowest BCUT2D eigenvalue weighted by Gasteiger charge is -2.14. The van der Waals surface area contributed by atoms with Gasteiger partial charge in [0.05, 0.1) is 22.8 Å². The van der Waals surface area contributed by atoms with Crippen molar-refractivity contribution in [3.8, 4) is 5.75 Å². The van der Waals surface area contributed by atoms with E-state index in [9.17, 15) is 21.6 Å². The van der Waals surface area contributed by atoms with E-state index in [0.717, 1.165) is 30.5 Å². The number of aryl methyl sites for hydroxylation is 1. The van der Waals surface area contributed by atoms with Crippen molar-refractivity contribution in [1.29, 1.82) is 0 Å². The summed E-state index contributed by atoms with van der Waals surface area (Å²) >= 11 is 0. The van der Waals surface area contributed by atoms with Crippen molar-refractivity contribution in [2.45, 2.75) is 30.8 Å². The largest absolute Gasteiger partial charge is 0.493 e. The first-order valence-corrected chi connectivity index (χ1v) is 9.56. The highest BCUT2D eigenvalue weighted by Gasteiger charge is 2.32. The van der Waals surface area contributed by atoms with E-state index in [1.807, 2.05) is 0 Å². The molecule has 0 amide bonds. The number of hydrogen-bond donors (Lipinski definition) is 1. The monoisotopic (exact) mass is 385 g/mol. The summed E-state index contributed by atoms with van der Waals surface area (Å²) < 4.78 is 71.8. The molecule has 3 rings (SSSR count). The number of anilines is 1. The van der Waals surface area contributed by atoms with Crippen LogP contribution >= 0.6 is 0 Å². The van der Waals surface area contributed by atoms with Gasteiger partial charge in [-0.2, -0.15) is 13.2 Å². The Morgan fingerprint density at radius 3 is 2.35 bits per heavy atom. The fourth-order valence-corrected chi connectivity index (χ4v) is 3.38. The van der Waals surface area contributed by atoms with Gasteiger partial charge in [0, 0.05) is 6.07 Å². The van der Waals surface area contributed by atoms with E-state index in [1.165, 1.54) is 18.2 Å². The molecule has 0 atom stereocenters. The number of nitrogens with one attached hydrogen (secondary N) is 1. The van der Waals surface area contributed by atoms with E-state index in [0.29, 0.717) is 12.5 Å². The molecule has 26 heavy (non-hydrogen) atoms. The maximum Gasteiger partial charge on any atom is 0.416 e. The van der Waals surface area contributed by atoms with Gasteiger partial charge in [-0.05, 0) is 49.9 Å². The zero-order chi connectivity index (χ0) is 18.9. The van der Waals surface area contributed by atoms with Crippen LogP contribution in [0.2, 0.25) is 0 Å². The minimum Gasteiger partial charge on any atom is -0.493 e. The molecular weight excluding hydrogens is 367 g/mol. The van der Waals surface area contributed by atoms with E-state index in [4.69, 9.17) is 4.74 Å². The van der Waals surface area contributed by atoms with E-state index in [2.05, 4.69) is 4.72 Å². The molecule has 8 heteroatoms. The summed E-state index contributed by atoms with van der Waals surface area (Å²) in [6, 6.07) is 8.94. The summed E-state index contributed by atoms with van der Waals surface area (Å²) in [7, 11) is -4.00. The van der Waals surface area contributed by atoms with Crippen LogP contribution in [-0.2, 0) is 16.2 Å². The van der Waals surface area contributed by atoms with Crippen molar-refractivity contribution in [3.05, 3.63) is 53.6 Å². The lowest BCUT2D eigenvalue weighted by molar-refractivity contribution is -0.137. The smallest absolute Gasteiger partial charge is 0.416 e. The fourth-order valence-electron chi connectivity index (χ4n) is 2.34. The molecule has 2 aromatic carbocycles. The van der Waals surface area contributed by atoms with Crippen LogP contribution in [-0.4, -0.2) is 15.0 Å². The van der Waals surface area contributed by atoms with E-state index in [-0.39, 0.29) is 16.3 Å². The van der Waals surface area contributed by atoms with Crippen LogP contribution in [0.1, 0.15) is 24.0 Å². The van der Waals surface area contributed by atoms with Gasteiger partial charge in [-0.15, -0.1) is 0 Å². The molecule has 0 bridgehead atoms. The number of alkyl halides is 3. The Labute approximate surface area is 150 Å². The van der Waals surface area contributed by atoms with Crippen LogP contribution in [0, 0.1) is 12.8 Å². The highest BCUT2D eigenvalue weighted by Crippen LogP contribution is 2.36. The second-order valence-corrected chi connectivity index (χ2v) is 8.10. The third kappa shape index (κ3) is 4.69. The van der Waals surface area contributed by atoms with Gasteiger partial charge in [0.15, 0.2) is 0 Å². The van der Waals surface area contributed by atoms with Gasteiger partial charge in [-0.25, -0.2) is 8.42 Å². The molecule has 0 radical (unpaired) electrons. The number of benzene rings is 2. The van der Waals surface area contributed by atoms with Gasteiger partial charge < -0.3 is 4.74 Å². The standard InChI is InChI=1S/C18H18F3NO3S/c1-12-2-6-17(7-3-12)26(23,24)22-15-8-14(18(19,20)21)9-16(10-15)25-11-13-4-5-13/h2-3,6-10,13,22H,4-5,11H2,1H3. The maximum atomic E-state index is 13.1. The van der Waals surface area contributed by atoms with Gasteiger partial charge in [-0.3, -0.25) is 4.72 Å². The van der Waals surface area contributed by atoms with E-state index >= 15 is 0 Å². The molecule has 1 aliphatic carbocycles. The normalized spacial score (nSPS) is 14.9. The highest BCUT2D eigenvalue weighted by molar-refractivity contribution is 7.92. The lowest BCUT2D eigenvalue weighted by atomic mass is 10.2. The number of sulfonamides is 1. The topological polar surface area (TPSA) is 55.4 Å². The Balaban J connectivity index is 1.89. The summed E-state index contributed by atoms with van der Waals surface area (Å²) in [5, 5.41) is 0. The van der Waals surface area contributed by atoms with Gasteiger partial charge in [0.2, 0.25) is 0 Å². The van der Waals surface area contributed by atoms with Crippen LogP contribution in [0.25, 0.3) is 0 Å². The molecule has 0 saturated heterocycles. The molecule has 2 aromatic rings. The molecule has 0 heterocycles. The molecule has 4 nitrogen and oxygen atoms in total. The number of hydrogen-bond acceptors (Lipinski definition) is 3. The molecule has 0 spiro atoms. The van der Waals surface area contributed by atoms with Crippen molar-refractivity contribution in [2.75, 3.05) is 11.3 Å². The van der Waals surface area contributed by atoms with Gasteiger partial charge in [-0.1, -0.05) is 17.7 Å². The van der Waals surface area contributed by atoms with Crippen molar-refractivity contribution in [2.24, 2.45) is 5.92 Å². The quantitative estimate of drug-likeness (QED) is 0.790. The number of ether oxygens (including phenoxy) is 1. The number of halogens is 3. The minimum atomic E-state index is -4.61. The first kappa shape index (κ1) is 18.6. The number of rotatable bonds is 6. The first-order chi connectivity index (χ1) is 12.1. The molecule has 1 aliphatic rings. The van der Waals surface area contributed by atoms with E-state index < -0.39 is 21.8 Å². The molecule has 140 valence electrons. The Bertz CT molecular complexity index is 889. The summed E-state index contributed by atoms with van der Waals surface area (Å²) in [6.07, 6.45) is -2.62. The third-order valence-electron chi connectivity index (χ3n) is 4.00. The van der Waals surface area contributed by atoms with Crippen LogP contribution in [0.3, 0.4) is 0 Å². The maximum absolute atomic E-state index is 13.1. The van der Waals surface area contributed by atoms with Gasteiger partial charge >= 0.3 is 6.18 Å². The Kier molecular flexibility index (Phi) is 4.88. The molecule has 1 saturated carbocycles. The minimum absolute atomic E-state index is 0.00617. The molecule has 0 aliphatic heterocycles. The average Bonchev–Trinajstić information content (AvgIpc) is 3.36. The lowest BCUT2D eigenvalue weighted by Crippen LogP contribution is -2.14. The summed E-state index contributed by atoms with van der Waals surface area (Å²) in [6.45, 7) is 2.13. The molecule has 1 fully saturated rings. The zero-order valence-electron chi connectivity index (χ0n) is 14.0. The second kappa shape index (κ2) is 6.83. The van der Waals surface area contributed by atoms with Gasteiger partial charge in [0.1, 0.15) is 5.75 Å². The summed E-state index contributed by atoms with van der Waals surface area (Å²) in [5.74, 6) is 0.352. The molecule has 0 unspecified atom stereocenters. The Hall–Kier alpha value is -2.22. The second-order valence-electron chi connectivity index (χ2n) is 6.42. The Morgan fingerprint density at radius 1 is 1.12 bits per heavy atom. The third-order valence-corrected chi connectivity index (χ3v) is 5.40. The predicted octanol–water partition coefficient (Wildman–Crippen LogP) is 4.60. The average molecular weight is 385 g/mol. The summed E-state index contributed by atoms with van der Waals surface area (Å²) in [4.78, 5) is -0.0269. The van der Waals surface area contributed by atoms with Crippen molar-refractivity contribution < 1.29 is 26.3 Å². The first-order valence-electron chi connectivity index (χ1n) is 8.08. The Morgan fingerprint density at radius 2 is 1.77 bits per heavy atom. The van der Waals surface area contributed by atoms with Crippen molar-refractivity contribution in [1.82, 2.24) is 0 Å². The van der Waals surface area contributed by atoms with E-state index in [1.54, 1.807) is 19.1 Å². The van der Waals surface area contributed by atoms with Gasteiger partial charge in [0.25, 0.3) is 10.0 Å². The summed E-state index contributed by atoms with van der Waals surface area (Å²) in [5.41, 5.74) is -0.280. The SMILES string of the molecule is Cc1ccc(S(=O)(=O)Nc2cc(OCC3CC3)cc(C(F)(F)F)c2)cc1. The van der Waals surface area contributed by atoms with Crippen molar-refractivity contribution in [3.63, 3.8) is 0 Å². The van der Waals surface area contributed by atoms with Crippen LogP contribution in [0.4, 0.5) is 18.9 Å². The highest BCUT2D eigenvalue weighted by atomic mass is 32.2.